The van der Waals surface area contributed by atoms with Gasteiger partial charge in [-0.2, -0.15) is 0 Å². The van der Waals surface area contributed by atoms with Gasteiger partial charge in [-0.15, -0.1) is 0 Å². The lowest BCUT2D eigenvalue weighted by Crippen LogP contribution is -2.23. The Morgan fingerprint density at radius 3 is 2.71 bits per heavy atom. The van der Waals surface area contributed by atoms with Crippen LogP contribution in [0.2, 0.25) is 0 Å². The molecule has 31 heavy (non-hydrogen) atoms. The van der Waals surface area contributed by atoms with Crippen LogP contribution in [0.5, 0.6) is 5.88 Å². The molecule has 1 heterocycles. The van der Waals surface area contributed by atoms with Gasteiger partial charge in [-0.05, 0) is 45.6 Å². The van der Waals surface area contributed by atoms with Crippen LogP contribution in [-0.4, -0.2) is 20.6 Å². The van der Waals surface area contributed by atoms with Crippen molar-refractivity contribution in [2.75, 3.05) is 0 Å². The summed E-state index contributed by atoms with van der Waals surface area (Å²) in [7, 11) is 0. The van der Waals surface area contributed by atoms with E-state index in [0.29, 0.717) is 12.0 Å². The molecule has 0 aliphatic rings. The molecule has 0 aliphatic carbocycles. The van der Waals surface area contributed by atoms with Gasteiger partial charge in [-0.25, -0.2) is 13.8 Å². The summed E-state index contributed by atoms with van der Waals surface area (Å²) in [6, 6.07) is 10.2. The van der Waals surface area contributed by atoms with Gasteiger partial charge in [0.15, 0.2) is 0 Å². The number of benzene rings is 2. The molecule has 6 nitrogen and oxygen atoms in total. The number of carbonyl (C=O) groups is 1. The maximum Gasteiger partial charge on any atom is 0.310 e. The molecule has 2 aromatic carbocycles. The lowest BCUT2D eigenvalue weighted by molar-refractivity contribution is -0.138. The highest BCUT2D eigenvalue weighted by molar-refractivity contribution is 9.10. The van der Waals surface area contributed by atoms with E-state index in [0.717, 1.165) is 17.7 Å². The van der Waals surface area contributed by atoms with E-state index < -0.39 is 29.1 Å². The highest BCUT2D eigenvalue weighted by atomic mass is 79.9. The van der Waals surface area contributed by atoms with Crippen LogP contribution in [0.1, 0.15) is 36.0 Å². The fraction of sp³-hybridized carbons (Fsp3) is 0.227. The van der Waals surface area contributed by atoms with Crippen LogP contribution in [0.4, 0.5) is 8.78 Å². The fourth-order valence-electron chi connectivity index (χ4n) is 3.10. The summed E-state index contributed by atoms with van der Waals surface area (Å²) in [5.41, 5.74) is 1.11. The van der Waals surface area contributed by atoms with Crippen molar-refractivity contribution in [3.05, 3.63) is 91.9 Å². The van der Waals surface area contributed by atoms with Gasteiger partial charge in [0.05, 0.1) is 12.5 Å². The molecule has 0 aliphatic heterocycles. The van der Waals surface area contributed by atoms with Crippen molar-refractivity contribution in [1.29, 1.82) is 0 Å². The SMILES string of the molecule is CCC(C(=O)O)c1cccc(Cn2cnc(OCc3ccc(F)cc3F)c(Br)c2=O)c1. The zero-order valence-corrected chi connectivity index (χ0v) is 18.1. The molecule has 1 atom stereocenters. The van der Waals surface area contributed by atoms with Crippen molar-refractivity contribution < 1.29 is 23.4 Å². The number of carboxylic acid groups (broad SMARTS) is 1. The molecule has 3 aromatic rings. The van der Waals surface area contributed by atoms with E-state index in [1.807, 2.05) is 0 Å². The van der Waals surface area contributed by atoms with Gasteiger partial charge in [-0.1, -0.05) is 31.2 Å². The van der Waals surface area contributed by atoms with Gasteiger partial charge >= 0.3 is 5.97 Å². The highest BCUT2D eigenvalue weighted by Gasteiger charge is 2.18. The molecule has 9 heteroatoms. The van der Waals surface area contributed by atoms with Crippen LogP contribution in [0.15, 0.2) is 58.1 Å². The van der Waals surface area contributed by atoms with Gasteiger partial charge in [0.2, 0.25) is 5.88 Å². The molecular weight excluding hydrogens is 474 g/mol. The molecule has 0 amide bonds. The number of ether oxygens (including phenoxy) is 1. The Bertz CT molecular complexity index is 1170. The number of halogens is 3. The monoisotopic (exact) mass is 492 g/mol. The third-order valence-electron chi connectivity index (χ3n) is 4.74. The van der Waals surface area contributed by atoms with E-state index in [1.54, 1.807) is 31.2 Å². The Labute approximate surface area is 185 Å². The van der Waals surface area contributed by atoms with Gasteiger partial charge in [0.25, 0.3) is 5.56 Å². The molecular formula is C22H19BrF2N2O4. The lowest BCUT2D eigenvalue weighted by atomic mass is 9.95. The average Bonchev–Trinajstić information content (AvgIpc) is 2.72. The first-order valence-electron chi connectivity index (χ1n) is 9.43. The number of hydrogen-bond donors (Lipinski definition) is 1. The van der Waals surface area contributed by atoms with Crippen molar-refractivity contribution in [3.63, 3.8) is 0 Å². The van der Waals surface area contributed by atoms with Crippen LogP contribution in [0.3, 0.4) is 0 Å². The molecule has 1 unspecified atom stereocenters. The van der Waals surface area contributed by atoms with Crippen LogP contribution in [0.25, 0.3) is 0 Å². The van der Waals surface area contributed by atoms with Crippen molar-refractivity contribution in [3.8, 4) is 5.88 Å². The molecule has 0 saturated heterocycles. The summed E-state index contributed by atoms with van der Waals surface area (Å²) in [5, 5.41) is 9.35. The predicted octanol–water partition coefficient (Wildman–Crippen LogP) is 4.49. The topological polar surface area (TPSA) is 81.4 Å². The van der Waals surface area contributed by atoms with Crippen LogP contribution >= 0.6 is 15.9 Å². The Morgan fingerprint density at radius 2 is 2.03 bits per heavy atom. The largest absolute Gasteiger partial charge is 0.481 e. The summed E-state index contributed by atoms with van der Waals surface area (Å²) >= 11 is 3.16. The van der Waals surface area contributed by atoms with Crippen LogP contribution < -0.4 is 10.3 Å². The summed E-state index contributed by atoms with van der Waals surface area (Å²) < 4.78 is 33.6. The number of carboxylic acids is 1. The smallest absolute Gasteiger partial charge is 0.310 e. The fourth-order valence-corrected chi connectivity index (χ4v) is 3.55. The highest BCUT2D eigenvalue weighted by Crippen LogP contribution is 2.22. The predicted molar refractivity (Wildman–Crippen MR) is 113 cm³/mol. The second-order valence-electron chi connectivity index (χ2n) is 6.87. The Morgan fingerprint density at radius 1 is 1.26 bits per heavy atom. The van der Waals surface area contributed by atoms with E-state index in [1.165, 1.54) is 17.0 Å². The van der Waals surface area contributed by atoms with E-state index >= 15 is 0 Å². The van der Waals surface area contributed by atoms with Crippen LogP contribution in [0, 0.1) is 11.6 Å². The minimum atomic E-state index is -0.902. The molecule has 1 aromatic heterocycles. The number of aromatic nitrogens is 2. The van der Waals surface area contributed by atoms with E-state index in [2.05, 4.69) is 20.9 Å². The quantitative estimate of drug-likeness (QED) is 0.500. The molecule has 0 bridgehead atoms. The molecule has 0 fully saturated rings. The number of nitrogens with zero attached hydrogens (tertiary/aromatic N) is 2. The van der Waals surface area contributed by atoms with Crippen molar-refractivity contribution in [2.45, 2.75) is 32.4 Å². The molecule has 162 valence electrons. The summed E-state index contributed by atoms with van der Waals surface area (Å²) in [6.07, 6.45) is 1.75. The normalized spacial score (nSPS) is 11.9. The van der Waals surface area contributed by atoms with E-state index in [4.69, 9.17) is 4.74 Å². The molecule has 1 N–H and O–H groups in total. The first-order chi connectivity index (χ1) is 14.8. The summed E-state index contributed by atoms with van der Waals surface area (Å²) in [4.78, 5) is 28.2. The van der Waals surface area contributed by atoms with E-state index in [9.17, 15) is 23.5 Å². The second-order valence-corrected chi connectivity index (χ2v) is 7.66. The molecule has 0 radical (unpaired) electrons. The molecule has 0 spiro atoms. The Kier molecular flexibility index (Phi) is 7.17. The number of rotatable bonds is 8. The Balaban J connectivity index is 1.78. The van der Waals surface area contributed by atoms with Gasteiger partial charge in [0.1, 0.15) is 29.0 Å². The van der Waals surface area contributed by atoms with Crippen molar-refractivity contribution in [2.24, 2.45) is 0 Å². The summed E-state index contributed by atoms with van der Waals surface area (Å²) in [6.45, 7) is 1.76. The standard InChI is InChI=1S/C22H19BrF2N2O4/c1-2-17(22(29)30)14-5-3-4-13(8-14)10-27-12-26-20(19(23)21(27)28)31-11-15-6-7-16(24)9-18(15)25/h3-9,12,17H,2,10-11H2,1H3,(H,29,30). The molecule has 3 rings (SSSR count). The van der Waals surface area contributed by atoms with Gasteiger partial charge in [0, 0.05) is 11.6 Å². The number of aliphatic carboxylic acids is 1. The minimum absolute atomic E-state index is 0.0179. The van der Waals surface area contributed by atoms with Crippen LogP contribution in [-0.2, 0) is 17.9 Å². The van der Waals surface area contributed by atoms with Crippen molar-refractivity contribution >= 4 is 21.9 Å². The van der Waals surface area contributed by atoms with E-state index in [-0.39, 0.29) is 29.1 Å². The third-order valence-corrected chi connectivity index (χ3v) is 5.42. The zero-order valence-electron chi connectivity index (χ0n) is 16.5. The van der Waals surface area contributed by atoms with Gasteiger partial charge in [-0.3, -0.25) is 14.2 Å². The van der Waals surface area contributed by atoms with Crippen molar-refractivity contribution in [1.82, 2.24) is 9.55 Å². The maximum atomic E-state index is 13.7. The first kappa shape index (κ1) is 22.6. The second kappa shape index (κ2) is 9.82. The van der Waals surface area contributed by atoms with Gasteiger partial charge < -0.3 is 9.84 Å². The Hall–Kier alpha value is -3.07. The minimum Gasteiger partial charge on any atom is -0.481 e. The summed E-state index contributed by atoms with van der Waals surface area (Å²) in [5.74, 6) is -2.99. The molecule has 0 saturated carbocycles. The zero-order chi connectivity index (χ0) is 22.5. The lowest BCUT2D eigenvalue weighted by Gasteiger charge is -2.13. The average molecular weight is 493 g/mol. The first-order valence-corrected chi connectivity index (χ1v) is 10.2. The number of hydrogen-bond acceptors (Lipinski definition) is 4. The maximum absolute atomic E-state index is 13.7. The third kappa shape index (κ3) is 5.35.